The van der Waals surface area contributed by atoms with E-state index in [0.29, 0.717) is 0 Å². The molecule has 0 spiro atoms. The van der Waals surface area contributed by atoms with Gasteiger partial charge in [0.25, 0.3) is 5.91 Å². The van der Waals surface area contributed by atoms with Crippen LogP contribution in [0.25, 0.3) is 0 Å². The number of aliphatic hydroxyl groups excluding tert-OH is 1. The minimum absolute atomic E-state index is 0.0103. The molecule has 0 aliphatic rings. The van der Waals surface area contributed by atoms with E-state index in [9.17, 15) is 4.79 Å². The summed E-state index contributed by atoms with van der Waals surface area (Å²) in [4.78, 5) is 12.9. The fraction of sp³-hybridized carbons (Fsp3) is 0.133. The molecule has 20 heavy (non-hydrogen) atoms. The van der Waals surface area contributed by atoms with Gasteiger partial charge in [-0.3, -0.25) is 10.2 Å². The van der Waals surface area contributed by atoms with E-state index < -0.39 is 5.25 Å². The van der Waals surface area contributed by atoms with Gasteiger partial charge in [-0.15, -0.1) is 11.8 Å². The molecular formula is C15H16N2O2S. The monoisotopic (exact) mass is 288 g/mol. The predicted molar refractivity (Wildman–Crippen MR) is 79.7 cm³/mol. The lowest BCUT2D eigenvalue weighted by Gasteiger charge is -2.15. The Morgan fingerprint density at radius 2 is 1.80 bits per heavy atom. The lowest BCUT2D eigenvalue weighted by molar-refractivity contribution is -0.120. The van der Waals surface area contributed by atoms with Gasteiger partial charge < -0.3 is 5.11 Å². The summed E-state index contributed by atoms with van der Waals surface area (Å²) in [5, 5.41) is 8.63. The van der Waals surface area contributed by atoms with E-state index in [1.54, 1.807) is 0 Å². The lowest BCUT2D eigenvalue weighted by Crippen LogP contribution is -2.33. The van der Waals surface area contributed by atoms with Gasteiger partial charge in [0.2, 0.25) is 0 Å². The van der Waals surface area contributed by atoms with Crippen LogP contribution in [-0.2, 0) is 11.4 Å². The summed E-state index contributed by atoms with van der Waals surface area (Å²) in [6.45, 7) is 0.0103. The molecule has 0 aliphatic heterocycles. The van der Waals surface area contributed by atoms with Crippen molar-refractivity contribution in [2.45, 2.75) is 16.8 Å². The molecule has 1 unspecified atom stereocenters. The van der Waals surface area contributed by atoms with E-state index in [4.69, 9.17) is 10.9 Å². The first-order valence-electron chi connectivity index (χ1n) is 6.16. The minimum atomic E-state index is -0.402. The maximum Gasteiger partial charge on any atom is 0.251 e. The Bertz CT molecular complexity index is 558. The maximum absolute atomic E-state index is 11.9. The summed E-state index contributed by atoms with van der Waals surface area (Å²) >= 11 is 1.42. The standard InChI is InChI=1S/C15H16N2O2S/c16-17-15(19)14(12-4-2-1-3-5-12)20-13-8-6-11(10-18)7-9-13/h1-9,14,18H,10,16H2,(H,17,19). The van der Waals surface area contributed by atoms with Gasteiger partial charge >= 0.3 is 0 Å². The zero-order chi connectivity index (χ0) is 14.4. The summed E-state index contributed by atoms with van der Waals surface area (Å²) in [5.41, 5.74) is 3.94. The Hall–Kier alpha value is -1.82. The Morgan fingerprint density at radius 3 is 2.35 bits per heavy atom. The number of carbonyl (C=O) groups is 1. The molecule has 0 bridgehead atoms. The number of carbonyl (C=O) groups excluding carboxylic acids is 1. The van der Waals surface area contributed by atoms with E-state index in [1.807, 2.05) is 54.6 Å². The Kier molecular flexibility index (Phi) is 5.17. The van der Waals surface area contributed by atoms with E-state index in [-0.39, 0.29) is 12.5 Å². The van der Waals surface area contributed by atoms with Gasteiger partial charge in [-0.2, -0.15) is 0 Å². The van der Waals surface area contributed by atoms with Crippen molar-refractivity contribution in [3.63, 3.8) is 0 Å². The first-order valence-corrected chi connectivity index (χ1v) is 7.04. The Labute approximate surface area is 122 Å². The van der Waals surface area contributed by atoms with Crippen molar-refractivity contribution in [1.29, 1.82) is 0 Å². The molecule has 0 aliphatic carbocycles. The van der Waals surface area contributed by atoms with E-state index in [2.05, 4.69) is 5.43 Å². The van der Waals surface area contributed by atoms with E-state index >= 15 is 0 Å². The molecule has 1 amide bonds. The number of amides is 1. The van der Waals surface area contributed by atoms with Gasteiger partial charge in [-0.1, -0.05) is 42.5 Å². The molecule has 0 aromatic heterocycles. The SMILES string of the molecule is NNC(=O)C(Sc1ccc(CO)cc1)c1ccccc1. The number of hydrogen-bond donors (Lipinski definition) is 3. The van der Waals surface area contributed by atoms with Gasteiger partial charge in [0, 0.05) is 4.90 Å². The average molecular weight is 288 g/mol. The highest BCUT2D eigenvalue weighted by molar-refractivity contribution is 8.00. The lowest BCUT2D eigenvalue weighted by atomic mass is 10.1. The second-order valence-corrected chi connectivity index (χ2v) is 5.40. The minimum Gasteiger partial charge on any atom is -0.392 e. The normalized spacial score (nSPS) is 11.9. The van der Waals surface area contributed by atoms with Crippen molar-refractivity contribution < 1.29 is 9.90 Å². The Balaban J connectivity index is 2.21. The second kappa shape index (κ2) is 7.09. The summed E-state index contributed by atoms with van der Waals surface area (Å²) in [7, 11) is 0. The quantitative estimate of drug-likeness (QED) is 0.340. The number of nitrogens with one attached hydrogen (secondary N) is 1. The summed E-state index contributed by atoms with van der Waals surface area (Å²) in [6.07, 6.45) is 0. The van der Waals surface area contributed by atoms with Crippen LogP contribution in [-0.4, -0.2) is 11.0 Å². The van der Waals surface area contributed by atoms with Crippen LogP contribution in [0, 0.1) is 0 Å². The fourth-order valence-electron chi connectivity index (χ4n) is 1.79. The molecule has 4 N–H and O–H groups in total. The van der Waals surface area contributed by atoms with E-state index in [1.165, 1.54) is 11.8 Å². The second-order valence-electron chi connectivity index (χ2n) is 4.22. The highest BCUT2D eigenvalue weighted by atomic mass is 32.2. The molecule has 0 heterocycles. The van der Waals surface area contributed by atoms with Crippen LogP contribution in [0.2, 0.25) is 0 Å². The first-order chi connectivity index (χ1) is 9.74. The van der Waals surface area contributed by atoms with Crippen LogP contribution < -0.4 is 11.3 Å². The van der Waals surface area contributed by atoms with Gasteiger partial charge in [-0.25, -0.2) is 5.84 Å². The molecule has 1 atom stereocenters. The third-order valence-corrected chi connectivity index (χ3v) is 4.11. The fourth-order valence-corrected chi connectivity index (χ4v) is 2.82. The third-order valence-electron chi connectivity index (χ3n) is 2.84. The maximum atomic E-state index is 11.9. The number of benzene rings is 2. The van der Waals surface area contributed by atoms with E-state index in [0.717, 1.165) is 16.0 Å². The largest absolute Gasteiger partial charge is 0.392 e. The number of thioether (sulfide) groups is 1. The summed E-state index contributed by atoms with van der Waals surface area (Å²) in [6, 6.07) is 16.9. The molecular weight excluding hydrogens is 272 g/mol. The van der Waals surface area contributed by atoms with Gasteiger partial charge in [0.05, 0.1) is 6.61 Å². The first kappa shape index (κ1) is 14.6. The molecule has 0 saturated heterocycles. The molecule has 0 saturated carbocycles. The molecule has 4 nitrogen and oxygen atoms in total. The van der Waals surface area contributed by atoms with Crippen molar-refractivity contribution >= 4 is 17.7 Å². The zero-order valence-electron chi connectivity index (χ0n) is 10.8. The van der Waals surface area contributed by atoms with Crippen LogP contribution in [0.4, 0.5) is 0 Å². The van der Waals surface area contributed by atoms with Gasteiger partial charge in [0.15, 0.2) is 0 Å². The van der Waals surface area contributed by atoms with Crippen molar-refractivity contribution in [3.8, 4) is 0 Å². The van der Waals surface area contributed by atoms with Crippen LogP contribution in [0.3, 0.4) is 0 Å². The molecule has 0 radical (unpaired) electrons. The third kappa shape index (κ3) is 3.60. The highest BCUT2D eigenvalue weighted by Crippen LogP contribution is 2.35. The molecule has 2 aromatic carbocycles. The summed E-state index contributed by atoms with van der Waals surface area (Å²) < 4.78 is 0. The number of hydrogen-bond acceptors (Lipinski definition) is 4. The summed E-state index contributed by atoms with van der Waals surface area (Å²) in [5.74, 6) is 5.02. The van der Waals surface area contributed by atoms with Crippen LogP contribution >= 0.6 is 11.8 Å². The molecule has 0 fully saturated rings. The van der Waals surface area contributed by atoms with Crippen LogP contribution in [0.5, 0.6) is 0 Å². The van der Waals surface area contributed by atoms with Crippen molar-refractivity contribution in [3.05, 3.63) is 65.7 Å². The zero-order valence-corrected chi connectivity index (χ0v) is 11.6. The number of aliphatic hydroxyl groups is 1. The van der Waals surface area contributed by atoms with Gasteiger partial charge in [0.1, 0.15) is 5.25 Å². The molecule has 104 valence electrons. The topological polar surface area (TPSA) is 75.3 Å². The predicted octanol–water partition coefficient (Wildman–Crippen LogP) is 2.00. The average Bonchev–Trinajstić information content (AvgIpc) is 2.53. The van der Waals surface area contributed by atoms with Crippen LogP contribution in [0.15, 0.2) is 59.5 Å². The van der Waals surface area contributed by atoms with Crippen molar-refractivity contribution in [1.82, 2.24) is 5.43 Å². The molecule has 5 heteroatoms. The van der Waals surface area contributed by atoms with Crippen molar-refractivity contribution in [2.75, 3.05) is 0 Å². The van der Waals surface area contributed by atoms with Crippen molar-refractivity contribution in [2.24, 2.45) is 5.84 Å². The molecule has 2 aromatic rings. The van der Waals surface area contributed by atoms with Crippen LogP contribution in [0.1, 0.15) is 16.4 Å². The number of hydrazine groups is 1. The smallest absolute Gasteiger partial charge is 0.251 e. The number of nitrogens with two attached hydrogens (primary N) is 1. The molecule has 2 rings (SSSR count). The van der Waals surface area contributed by atoms with Gasteiger partial charge in [-0.05, 0) is 23.3 Å². The highest BCUT2D eigenvalue weighted by Gasteiger charge is 2.20. The number of rotatable bonds is 5. The Morgan fingerprint density at radius 1 is 1.15 bits per heavy atom.